The first-order valence-electron chi connectivity index (χ1n) is 10.1. The Morgan fingerprint density at radius 1 is 1.07 bits per heavy atom. The molecule has 1 aliphatic rings. The highest BCUT2D eigenvalue weighted by Gasteiger charge is 2.35. The van der Waals surface area contributed by atoms with Crippen LogP contribution in [0, 0.1) is 28.9 Å². The molecule has 1 aliphatic carbocycles. The zero-order valence-corrected chi connectivity index (χ0v) is 16.7. The van der Waals surface area contributed by atoms with Crippen molar-refractivity contribution in [2.45, 2.75) is 51.1 Å². The smallest absolute Gasteiger partial charge is 0.426 e. The van der Waals surface area contributed by atoms with E-state index in [1.54, 1.807) is 12.1 Å². The molecule has 0 saturated heterocycles. The summed E-state index contributed by atoms with van der Waals surface area (Å²) in [6, 6.07) is 8.40. The number of alkyl halides is 2. The molecule has 0 spiro atoms. The highest BCUT2D eigenvalue weighted by atomic mass is 19.3. The van der Waals surface area contributed by atoms with Gasteiger partial charge in [-0.15, -0.1) is 0 Å². The molecule has 2 nitrogen and oxygen atoms in total. The lowest BCUT2D eigenvalue weighted by atomic mass is 9.78. The topological polar surface area (TPSA) is 33.0 Å². The normalized spacial score (nSPS) is 19.6. The molecule has 0 atom stereocenters. The van der Waals surface area contributed by atoms with Gasteiger partial charge in [-0.3, -0.25) is 0 Å². The van der Waals surface area contributed by atoms with Gasteiger partial charge in [-0.25, -0.2) is 8.78 Å². The minimum Gasteiger partial charge on any atom is -0.429 e. The summed E-state index contributed by atoms with van der Waals surface area (Å²) in [5.41, 5.74) is -0.242. The highest BCUT2D eigenvalue weighted by Crippen LogP contribution is 2.38. The molecule has 30 heavy (non-hydrogen) atoms. The molecule has 0 aromatic heterocycles. The molecule has 158 valence electrons. The average Bonchev–Trinajstić information content (AvgIpc) is 2.72. The van der Waals surface area contributed by atoms with Crippen molar-refractivity contribution in [2.24, 2.45) is 5.92 Å². The van der Waals surface area contributed by atoms with Gasteiger partial charge in [-0.05, 0) is 61.6 Å². The van der Waals surface area contributed by atoms with Crippen molar-refractivity contribution in [3.8, 4) is 11.8 Å². The van der Waals surface area contributed by atoms with Crippen LogP contribution >= 0.6 is 0 Å². The predicted molar refractivity (Wildman–Crippen MR) is 106 cm³/mol. The monoisotopic (exact) mass is 417 g/mol. The summed E-state index contributed by atoms with van der Waals surface area (Å²) in [6.45, 7) is 2.11. The molecule has 3 rings (SSSR count). The predicted octanol–water partition coefficient (Wildman–Crippen LogP) is 7.20. The molecule has 2 aromatic carbocycles. The fraction of sp³-hybridized carbons (Fsp3) is 0.375. The minimum atomic E-state index is -3.77. The number of benzene rings is 2. The zero-order chi connectivity index (χ0) is 21.7. The second-order valence-corrected chi connectivity index (χ2v) is 7.56. The Labute approximate surface area is 173 Å². The molecule has 1 saturated carbocycles. The summed E-state index contributed by atoms with van der Waals surface area (Å²) >= 11 is 0. The lowest BCUT2D eigenvalue weighted by molar-refractivity contribution is -0.185. The van der Waals surface area contributed by atoms with E-state index >= 15 is 0 Å². The maximum Gasteiger partial charge on any atom is 0.426 e. The second kappa shape index (κ2) is 9.34. The molecule has 0 N–H and O–H groups in total. The number of nitrogens with zero attached hydrogens (tertiary/aromatic N) is 1. The van der Waals surface area contributed by atoms with Crippen molar-refractivity contribution >= 4 is 0 Å². The van der Waals surface area contributed by atoms with E-state index in [-0.39, 0.29) is 0 Å². The van der Waals surface area contributed by atoms with E-state index in [1.165, 1.54) is 18.2 Å². The van der Waals surface area contributed by atoms with Gasteiger partial charge >= 0.3 is 6.11 Å². The minimum absolute atomic E-state index is 0.335. The third-order valence-electron chi connectivity index (χ3n) is 5.51. The molecular weight excluding hydrogens is 394 g/mol. The molecule has 0 bridgehead atoms. The molecular formula is C24H23F4NO. The summed E-state index contributed by atoms with van der Waals surface area (Å²) in [5.74, 6) is -2.25. The quantitative estimate of drug-likeness (QED) is 0.368. The summed E-state index contributed by atoms with van der Waals surface area (Å²) < 4.78 is 60.8. The number of hydrogen-bond donors (Lipinski definition) is 0. The average molecular weight is 417 g/mol. The zero-order valence-electron chi connectivity index (χ0n) is 16.7. The molecule has 0 aliphatic heterocycles. The number of rotatable bonds is 6. The Morgan fingerprint density at radius 2 is 1.67 bits per heavy atom. The van der Waals surface area contributed by atoms with Gasteiger partial charge in [0.15, 0.2) is 0 Å². The van der Waals surface area contributed by atoms with E-state index in [0.29, 0.717) is 24.0 Å². The van der Waals surface area contributed by atoms with E-state index in [4.69, 9.17) is 5.26 Å². The molecule has 6 heteroatoms. The third-order valence-corrected chi connectivity index (χ3v) is 5.51. The van der Waals surface area contributed by atoms with Crippen LogP contribution in [0.25, 0.3) is 0 Å². The van der Waals surface area contributed by atoms with E-state index < -0.39 is 34.6 Å². The maximum atomic E-state index is 14.5. The molecule has 0 amide bonds. The van der Waals surface area contributed by atoms with E-state index in [0.717, 1.165) is 37.7 Å². The van der Waals surface area contributed by atoms with Crippen molar-refractivity contribution < 1.29 is 22.3 Å². The van der Waals surface area contributed by atoms with Gasteiger partial charge in [0.05, 0.1) is 5.56 Å². The van der Waals surface area contributed by atoms with Crippen LogP contribution in [-0.2, 0) is 6.11 Å². The number of hydrogen-bond acceptors (Lipinski definition) is 2. The molecule has 0 heterocycles. The van der Waals surface area contributed by atoms with Gasteiger partial charge in [0.25, 0.3) is 0 Å². The van der Waals surface area contributed by atoms with Gasteiger partial charge in [-0.1, -0.05) is 31.2 Å². The molecule has 0 radical (unpaired) electrons. The van der Waals surface area contributed by atoms with Gasteiger partial charge in [0.1, 0.15) is 29.0 Å². The first kappa shape index (κ1) is 21.9. The Morgan fingerprint density at radius 3 is 2.20 bits per heavy atom. The third kappa shape index (κ3) is 5.02. The molecule has 0 unspecified atom stereocenters. The largest absolute Gasteiger partial charge is 0.429 e. The van der Waals surface area contributed by atoms with Crippen molar-refractivity contribution in [2.75, 3.05) is 0 Å². The lowest BCUT2D eigenvalue weighted by Gasteiger charge is -2.27. The summed E-state index contributed by atoms with van der Waals surface area (Å²) in [4.78, 5) is 0. The number of allylic oxidation sites excluding steroid dienone is 2. The van der Waals surface area contributed by atoms with Crippen LogP contribution in [0.5, 0.6) is 5.75 Å². The SMILES string of the molecule is CC/C=C/C1CCC(c2ccc(C(F)(F)Oc3cc(F)c(C#N)c(F)c3)cc2)CC1. The van der Waals surface area contributed by atoms with Crippen molar-refractivity contribution in [1.82, 2.24) is 0 Å². The molecule has 1 fully saturated rings. The van der Waals surface area contributed by atoms with E-state index in [2.05, 4.69) is 23.8 Å². The Bertz CT molecular complexity index is 916. The van der Waals surface area contributed by atoms with Crippen molar-refractivity contribution in [3.63, 3.8) is 0 Å². The number of halogens is 4. The van der Waals surface area contributed by atoms with Crippen LogP contribution in [0.15, 0.2) is 48.6 Å². The maximum absolute atomic E-state index is 14.5. The van der Waals surface area contributed by atoms with Crippen LogP contribution < -0.4 is 4.74 Å². The van der Waals surface area contributed by atoms with Gasteiger partial charge < -0.3 is 4.74 Å². The highest BCUT2D eigenvalue weighted by molar-refractivity contribution is 5.38. The van der Waals surface area contributed by atoms with Crippen LogP contribution in [0.1, 0.15) is 61.6 Å². The standard InChI is InChI=1S/C24H23F4NO/c1-2-3-4-16-5-7-17(8-6-16)18-9-11-19(12-10-18)24(27,28)30-20-13-22(25)21(15-29)23(26)14-20/h3-4,9-14,16-17H,2,5-8H2,1H3/b4-3+. The van der Waals surface area contributed by atoms with Crippen LogP contribution in [0.4, 0.5) is 17.6 Å². The summed E-state index contributed by atoms with van der Waals surface area (Å²) in [7, 11) is 0. The fourth-order valence-electron chi connectivity index (χ4n) is 3.85. The first-order valence-corrected chi connectivity index (χ1v) is 10.1. The summed E-state index contributed by atoms with van der Waals surface area (Å²) in [6.07, 6.45) is 5.90. The molecule has 2 aromatic rings. The van der Waals surface area contributed by atoms with Crippen molar-refractivity contribution in [3.05, 3.63) is 76.9 Å². The Kier molecular flexibility index (Phi) is 6.81. The second-order valence-electron chi connectivity index (χ2n) is 7.56. The van der Waals surface area contributed by atoms with Gasteiger partial charge in [0, 0.05) is 12.1 Å². The van der Waals surface area contributed by atoms with Gasteiger partial charge in [-0.2, -0.15) is 14.0 Å². The van der Waals surface area contributed by atoms with E-state index in [9.17, 15) is 17.6 Å². The first-order chi connectivity index (χ1) is 14.3. The van der Waals surface area contributed by atoms with Crippen molar-refractivity contribution in [1.29, 1.82) is 5.26 Å². The number of ether oxygens (including phenoxy) is 1. The number of nitriles is 1. The van der Waals surface area contributed by atoms with Gasteiger partial charge in [0.2, 0.25) is 0 Å². The van der Waals surface area contributed by atoms with Crippen LogP contribution in [0.3, 0.4) is 0 Å². The lowest BCUT2D eigenvalue weighted by Crippen LogP contribution is -2.22. The van der Waals surface area contributed by atoms with Crippen LogP contribution in [-0.4, -0.2) is 0 Å². The summed E-state index contributed by atoms with van der Waals surface area (Å²) in [5, 5.41) is 8.66. The van der Waals surface area contributed by atoms with Crippen LogP contribution in [0.2, 0.25) is 0 Å². The Balaban J connectivity index is 1.68. The fourth-order valence-corrected chi connectivity index (χ4v) is 3.85. The Hall–Kier alpha value is -2.81. The van der Waals surface area contributed by atoms with E-state index in [1.807, 2.05) is 0 Å².